The van der Waals surface area contributed by atoms with Crippen LogP contribution in [0.5, 0.6) is 0 Å². The minimum Gasteiger partial charge on any atom is -0.427 e. The summed E-state index contributed by atoms with van der Waals surface area (Å²) >= 11 is 0. The summed E-state index contributed by atoms with van der Waals surface area (Å²) in [6.45, 7) is 4.43. The lowest BCUT2D eigenvalue weighted by atomic mass is 9.67. The Labute approximate surface area is 114 Å². The van der Waals surface area contributed by atoms with Crippen molar-refractivity contribution in [3.63, 3.8) is 0 Å². The molecule has 0 aromatic heterocycles. The van der Waals surface area contributed by atoms with E-state index in [-0.39, 0.29) is 5.82 Å². The highest BCUT2D eigenvalue weighted by Gasteiger charge is 2.21. The van der Waals surface area contributed by atoms with Crippen molar-refractivity contribution < 1.29 is 10.0 Å². The lowest BCUT2D eigenvalue weighted by Gasteiger charge is -2.15. The highest BCUT2D eigenvalue weighted by atomic mass is 16.4. The summed E-state index contributed by atoms with van der Waals surface area (Å²) < 4.78 is 0. The Hall–Kier alpha value is -0.0151. The van der Waals surface area contributed by atoms with Crippen LogP contribution in [-0.4, -0.2) is 17.2 Å². The van der Waals surface area contributed by atoms with Gasteiger partial charge in [0, 0.05) is 0 Å². The number of rotatable bonds is 13. The fourth-order valence-corrected chi connectivity index (χ4v) is 2.46. The summed E-state index contributed by atoms with van der Waals surface area (Å²) in [4.78, 5) is 0. The fourth-order valence-electron chi connectivity index (χ4n) is 2.46. The van der Waals surface area contributed by atoms with Gasteiger partial charge in [0.15, 0.2) is 0 Å². The first-order valence-electron chi connectivity index (χ1n) is 8.08. The van der Waals surface area contributed by atoms with Gasteiger partial charge in [-0.3, -0.25) is 0 Å². The summed E-state index contributed by atoms with van der Waals surface area (Å²) in [6, 6.07) is 0. The van der Waals surface area contributed by atoms with E-state index in [1.165, 1.54) is 51.4 Å². The normalized spacial score (nSPS) is 12.7. The zero-order valence-electron chi connectivity index (χ0n) is 12.5. The minimum absolute atomic E-state index is 0.105. The van der Waals surface area contributed by atoms with Crippen molar-refractivity contribution >= 4 is 7.12 Å². The summed E-state index contributed by atoms with van der Waals surface area (Å²) in [5, 5.41) is 18.7. The molecule has 108 valence electrons. The first-order chi connectivity index (χ1) is 8.72. The lowest BCUT2D eigenvalue weighted by Crippen LogP contribution is -2.20. The van der Waals surface area contributed by atoms with Crippen LogP contribution >= 0.6 is 0 Å². The Morgan fingerprint density at radius 3 is 1.50 bits per heavy atom. The van der Waals surface area contributed by atoms with Gasteiger partial charge >= 0.3 is 7.12 Å². The van der Waals surface area contributed by atoms with Crippen molar-refractivity contribution in [2.75, 3.05) is 0 Å². The monoisotopic (exact) mass is 256 g/mol. The molecular formula is C15H33BO2. The first kappa shape index (κ1) is 18.0. The van der Waals surface area contributed by atoms with Crippen molar-refractivity contribution in [3.05, 3.63) is 0 Å². The van der Waals surface area contributed by atoms with Crippen LogP contribution in [0.15, 0.2) is 0 Å². The van der Waals surface area contributed by atoms with Crippen LogP contribution in [-0.2, 0) is 0 Å². The molecule has 0 saturated carbocycles. The van der Waals surface area contributed by atoms with Crippen molar-refractivity contribution in [2.24, 2.45) is 0 Å². The van der Waals surface area contributed by atoms with E-state index in [9.17, 15) is 10.0 Å². The topological polar surface area (TPSA) is 40.5 Å². The summed E-state index contributed by atoms with van der Waals surface area (Å²) in [6.07, 6.45) is 14.5. The fraction of sp³-hybridized carbons (Fsp3) is 1.00. The lowest BCUT2D eigenvalue weighted by molar-refractivity contribution is 0.365. The van der Waals surface area contributed by atoms with Crippen LogP contribution in [0.2, 0.25) is 5.82 Å². The van der Waals surface area contributed by atoms with E-state index in [1.54, 1.807) is 0 Å². The molecule has 0 rings (SSSR count). The third-order valence-electron chi connectivity index (χ3n) is 3.78. The summed E-state index contributed by atoms with van der Waals surface area (Å²) in [5.41, 5.74) is 0. The Balaban J connectivity index is 3.51. The summed E-state index contributed by atoms with van der Waals surface area (Å²) in [5.74, 6) is 0.105. The maximum Gasteiger partial charge on any atom is 0.454 e. The smallest absolute Gasteiger partial charge is 0.427 e. The van der Waals surface area contributed by atoms with Gasteiger partial charge in [-0.2, -0.15) is 0 Å². The molecule has 0 spiro atoms. The van der Waals surface area contributed by atoms with Crippen molar-refractivity contribution in [2.45, 2.75) is 96.7 Å². The van der Waals surface area contributed by atoms with E-state index < -0.39 is 7.12 Å². The summed E-state index contributed by atoms with van der Waals surface area (Å²) in [7, 11) is -1.11. The van der Waals surface area contributed by atoms with Crippen LogP contribution in [0.3, 0.4) is 0 Å². The second-order valence-electron chi connectivity index (χ2n) is 5.58. The maximum absolute atomic E-state index is 9.36. The van der Waals surface area contributed by atoms with Gasteiger partial charge in [0.2, 0.25) is 0 Å². The molecule has 0 aliphatic rings. The molecule has 2 nitrogen and oxygen atoms in total. The van der Waals surface area contributed by atoms with E-state index in [0.29, 0.717) is 0 Å². The van der Waals surface area contributed by atoms with Crippen LogP contribution in [0.4, 0.5) is 0 Å². The molecule has 2 N–H and O–H groups in total. The van der Waals surface area contributed by atoms with Gasteiger partial charge in [-0.1, -0.05) is 90.9 Å². The molecule has 1 atom stereocenters. The molecule has 0 radical (unpaired) electrons. The van der Waals surface area contributed by atoms with Crippen LogP contribution < -0.4 is 0 Å². The molecule has 0 amide bonds. The van der Waals surface area contributed by atoms with Crippen LogP contribution in [0.1, 0.15) is 90.9 Å². The Bertz CT molecular complexity index is 163. The largest absolute Gasteiger partial charge is 0.454 e. The molecule has 3 heteroatoms. The number of hydrogen-bond donors (Lipinski definition) is 2. The van der Waals surface area contributed by atoms with Crippen molar-refractivity contribution in [1.29, 1.82) is 0 Å². The molecule has 0 aliphatic heterocycles. The van der Waals surface area contributed by atoms with Gasteiger partial charge in [-0.25, -0.2) is 0 Å². The van der Waals surface area contributed by atoms with E-state index in [4.69, 9.17) is 0 Å². The van der Waals surface area contributed by atoms with Crippen molar-refractivity contribution in [3.8, 4) is 0 Å². The van der Waals surface area contributed by atoms with Gasteiger partial charge in [-0.15, -0.1) is 0 Å². The average molecular weight is 256 g/mol. The molecule has 0 aliphatic carbocycles. The third-order valence-corrected chi connectivity index (χ3v) is 3.78. The Kier molecular flexibility index (Phi) is 13.4. The number of hydrogen-bond acceptors (Lipinski definition) is 2. The third kappa shape index (κ3) is 11.1. The first-order valence-corrected chi connectivity index (χ1v) is 8.08. The van der Waals surface area contributed by atoms with E-state index in [1.807, 2.05) is 0 Å². The van der Waals surface area contributed by atoms with Gasteiger partial charge in [0.05, 0.1) is 0 Å². The second-order valence-corrected chi connectivity index (χ2v) is 5.58. The predicted octanol–water partition coefficient (Wildman–Crippen LogP) is 4.55. The molecule has 0 fully saturated rings. The number of unbranched alkanes of at least 4 members (excludes halogenated alkanes) is 8. The molecule has 0 aromatic carbocycles. The standard InChI is InChI=1S/C15H33BO2/c1-3-5-7-9-10-12-14-15(16(17)18)13-11-8-6-4-2/h15,17-18H,3-14H2,1-2H3. The van der Waals surface area contributed by atoms with Crippen LogP contribution in [0.25, 0.3) is 0 Å². The average Bonchev–Trinajstić information content (AvgIpc) is 2.35. The van der Waals surface area contributed by atoms with E-state index >= 15 is 0 Å². The zero-order valence-corrected chi connectivity index (χ0v) is 12.5. The van der Waals surface area contributed by atoms with Gasteiger partial charge in [0.1, 0.15) is 0 Å². The molecule has 0 saturated heterocycles. The minimum atomic E-state index is -1.11. The highest BCUT2D eigenvalue weighted by molar-refractivity contribution is 6.43. The molecule has 1 unspecified atom stereocenters. The highest BCUT2D eigenvalue weighted by Crippen LogP contribution is 2.24. The second kappa shape index (κ2) is 13.4. The van der Waals surface area contributed by atoms with Crippen LogP contribution in [0, 0.1) is 0 Å². The molecule has 0 bridgehead atoms. The van der Waals surface area contributed by atoms with Gasteiger partial charge in [0.25, 0.3) is 0 Å². The molecule has 0 aromatic rings. The zero-order chi connectivity index (χ0) is 13.6. The molecule has 0 heterocycles. The molecular weight excluding hydrogens is 223 g/mol. The van der Waals surface area contributed by atoms with E-state index in [2.05, 4.69) is 13.8 Å². The van der Waals surface area contributed by atoms with Crippen molar-refractivity contribution in [1.82, 2.24) is 0 Å². The van der Waals surface area contributed by atoms with Gasteiger partial charge < -0.3 is 10.0 Å². The Morgan fingerprint density at radius 2 is 1.06 bits per heavy atom. The van der Waals surface area contributed by atoms with E-state index in [0.717, 1.165) is 25.7 Å². The quantitative estimate of drug-likeness (QED) is 0.375. The maximum atomic E-state index is 9.36. The SMILES string of the molecule is CCCCCCCCC(CCCCCC)B(O)O. The van der Waals surface area contributed by atoms with Gasteiger partial charge in [-0.05, 0) is 5.82 Å². The predicted molar refractivity (Wildman–Crippen MR) is 80.7 cm³/mol. The molecule has 18 heavy (non-hydrogen) atoms. The Morgan fingerprint density at radius 1 is 0.667 bits per heavy atom.